The highest BCUT2D eigenvalue weighted by Gasteiger charge is 2.31. The fourth-order valence-electron chi connectivity index (χ4n) is 4.37. The Bertz CT molecular complexity index is 915. The molecule has 0 spiro atoms. The molecule has 1 heterocycles. The summed E-state index contributed by atoms with van der Waals surface area (Å²) in [6, 6.07) is 14.6. The van der Waals surface area contributed by atoms with E-state index in [4.69, 9.17) is 0 Å². The number of para-hydroxylation sites is 2. The van der Waals surface area contributed by atoms with Gasteiger partial charge < -0.3 is 10.2 Å². The minimum atomic E-state index is -0.00457. The van der Waals surface area contributed by atoms with Crippen LogP contribution in [0.3, 0.4) is 0 Å². The Morgan fingerprint density at radius 3 is 2.53 bits per heavy atom. The third-order valence-corrected chi connectivity index (χ3v) is 6.18. The molecule has 0 radical (unpaired) electrons. The molecular weight excluding hydrogens is 374 g/mol. The summed E-state index contributed by atoms with van der Waals surface area (Å²) in [4.78, 5) is 29.8. The van der Waals surface area contributed by atoms with E-state index in [-0.39, 0.29) is 11.8 Å². The van der Waals surface area contributed by atoms with Crippen molar-refractivity contribution in [1.82, 2.24) is 4.90 Å². The molecule has 0 unspecified atom stereocenters. The predicted octanol–water partition coefficient (Wildman–Crippen LogP) is 4.08. The van der Waals surface area contributed by atoms with E-state index in [1.54, 1.807) is 0 Å². The summed E-state index contributed by atoms with van der Waals surface area (Å²) in [7, 11) is 0. The first-order chi connectivity index (χ1) is 14.5. The van der Waals surface area contributed by atoms with E-state index in [1.165, 1.54) is 5.56 Å². The van der Waals surface area contributed by atoms with Crippen LogP contribution in [0.15, 0.2) is 42.5 Å². The van der Waals surface area contributed by atoms with Crippen LogP contribution in [-0.4, -0.2) is 42.4 Å². The van der Waals surface area contributed by atoms with Crippen molar-refractivity contribution in [2.75, 3.05) is 29.9 Å². The molecule has 5 heteroatoms. The van der Waals surface area contributed by atoms with Gasteiger partial charge in [-0.05, 0) is 62.3 Å². The fourth-order valence-corrected chi connectivity index (χ4v) is 4.37. The van der Waals surface area contributed by atoms with E-state index >= 15 is 0 Å². The largest absolute Gasteiger partial charge is 0.324 e. The maximum atomic E-state index is 13.0. The minimum absolute atomic E-state index is 0.00457. The van der Waals surface area contributed by atoms with Crippen molar-refractivity contribution >= 4 is 23.2 Å². The van der Waals surface area contributed by atoms with Crippen molar-refractivity contribution in [2.24, 2.45) is 0 Å². The molecule has 30 heavy (non-hydrogen) atoms. The smallest absolute Gasteiger partial charge is 0.238 e. The SMILES string of the molecule is Cc1cccc(C)c1NC(=O)CN(CCC(=O)N1CCCc2ccccc21)C1CC1. The summed E-state index contributed by atoms with van der Waals surface area (Å²) in [6.07, 6.45) is 4.70. The molecule has 1 N–H and O–H groups in total. The Morgan fingerprint density at radius 2 is 1.80 bits per heavy atom. The zero-order chi connectivity index (χ0) is 21.1. The molecule has 0 saturated heterocycles. The van der Waals surface area contributed by atoms with Gasteiger partial charge >= 0.3 is 0 Å². The second kappa shape index (κ2) is 9.00. The average Bonchev–Trinajstić information content (AvgIpc) is 3.58. The number of aryl methyl sites for hydroxylation is 3. The predicted molar refractivity (Wildman–Crippen MR) is 121 cm³/mol. The number of amides is 2. The van der Waals surface area contributed by atoms with Gasteiger partial charge in [0.05, 0.1) is 6.54 Å². The molecule has 4 rings (SSSR count). The first-order valence-electron chi connectivity index (χ1n) is 11.0. The number of anilines is 2. The fraction of sp³-hybridized carbons (Fsp3) is 0.440. The first-order valence-corrected chi connectivity index (χ1v) is 11.0. The number of carbonyl (C=O) groups excluding carboxylic acids is 2. The summed E-state index contributed by atoms with van der Waals surface area (Å²) < 4.78 is 0. The van der Waals surface area contributed by atoms with Crippen LogP contribution in [0.2, 0.25) is 0 Å². The normalized spacial score (nSPS) is 15.8. The maximum absolute atomic E-state index is 13.0. The zero-order valence-electron chi connectivity index (χ0n) is 18.0. The third-order valence-electron chi connectivity index (χ3n) is 6.18. The first kappa shape index (κ1) is 20.6. The van der Waals surface area contributed by atoms with Crippen molar-refractivity contribution < 1.29 is 9.59 Å². The molecule has 0 atom stereocenters. The quantitative estimate of drug-likeness (QED) is 0.755. The minimum Gasteiger partial charge on any atom is -0.324 e. The average molecular weight is 406 g/mol. The standard InChI is InChI=1S/C25H31N3O2/c1-18-7-5-8-19(2)25(18)26-23(29)17-27(21-12-13-21)16-14-24(30)28-15-6-10-20-9-3-4-11-22(20)28/h3-5,7-9,11,21H,6,10,12-17H2,1-2H3,(H,26,29). The molecule has 2 amide bonds. The van der Waals surface area contributed by atoms with Crippen LogP contribution in [0.5, 0.6) is 0 Å². The number of hydrogen-bond acceptors (Lipinski definition) is 3. The van der Waals surface area contributed by atoms with E-state index in [0.29, 0.717) is 25.6 Å². The second-order valence-electron chi connectivity index (χ2n) is 8.54. The van der Waals surface area contributed by atoms with Crippen LogP contribution >= 0.6 is 0 Å². The van der Waals surface area contributed by atoms with Gasteiger partial charge in [-0.1, -0.05) is 36.4 Å². The molecular formula is C25H31N3O2. The van der Waals surface area contributed by atoms with Crippen LogP contribution in [0.4, 0.5) is 11.4 Å². The Balaban J connectivity index is 1.36. The van der Waals surface area contributed by atoms with E-state index in [0.717, 1.165) is 54.7 Å². The summed E-state index contributed by atoms with van der Waals surface area (Å²) in [5, 5.41) is 3.08. The van der Waals surface area contributed by atoms with Crippen LogP contribution in [0, 0.1) is 13.8 Å². The maximum Gasteiger partial charge on any atom is 0.238 e. The molecule has 0 aromatic heterocycles. The van der Waals surface area contributed by atoms with Crippen molar-refractivity contribution in [3.8, 4) is 0 Å². The van der Waals surface area contributed by atoms with Crippen molar-refractivity contribution in [3.05, 3.63) is 59.2 Å². The number of nitrogens with one attached hydrogen (secondary N) is 1. The van der Waals surface area contributed by atoms with Crippen LogP contribution in [0.25, 0.3) is 0 Å². The highest BCUT2D eigenvalue weighted by molar-refractivity contribution is 5.95. The number of carbonyl (C=O) groups is 2. The van der Waals surface area contributed by atoms with Gasteiger partial charge in [0, 0.05) is 36.9 Å². The Kier molecular flexibility index (Phi) is 6.18. The lowest BCUT2D eigenvalue weighted by Crippen LogP contribution is -2.40. The number of nitrogens with zero attached hydrogens (tertiary/aromatic N) is 2. The molecule has 2 aromatic carbocycles. The number of rotatable bonds is 7. The monoisotopic (exact) mass is 405 g/mol. The van der Waals surface area contributed by atoms with Crippen LogP contribution < -0.4 is 10.2 Å². The van der Waals surface area contributed by atoms with Gasteiger partial charge in [0.25, 0.3) is 0 Å². The van der Waals surface area contributed by atoms with Gasteiger partial charge in [0.15, 0.2) is 0 Å². The lowest BCUT2D eigenvalue weighted by atomic mass is 10.0. The van der Waals surface area contributed by atoms with Crippen LogP contribution in [-0.2, 0) is 16.0 Å². The Hall–Kier alpha value is -2.66. The van der Waals surface area contributed by atoms with Gasteiger partial charge in [-0.3, -0.25) is 14.5 Å². The van der Waals surface area contributed by atoms with Crippen molar-refractivity contribution in [2.45, 2.75) is 52.0 Å². The summed E-state index contributed by atoms with van der Waals surface area (Å²) >= 11 is 0. The van der Waals surface area contributed by atoms with Crippen LogP contribution in [0.1, 0.15) is 42.4 Å². The summed E-state index contributed by atoms with van der Waals surface area (Å²) in [6.45, 7) is 5.77. The molecule has 158 valence electrons. The molecule has 2 aromatic rings. The van der Waals surface area contributed by atoms with Gasteiger partial charge in [-0.15, -0.1) is 0 Å². The Labute approximate surface area is 179 Å². The molecule has 1 aliphatic heterocycles. The van der Waals surface area contributed by atoms with Gasteiger partial charge in [0.2, 0.25) is 11.8 Å². The van der Waals surface area contributed by atoms with E-state index < -0.39 is 0 Å². The second-order valence-corrected chi connectivity index (χ2v) is 8.54. The van der Waals surface area contributed by atoms with Gasteiger partial charge in [0.1, 0.15) is 0 Å². The molecule has 1 aliphatic carbocycles. The van der Waals surface area contributed by atoms with E-state index in [9.17, 15) is 9.59 Å². The number of hydrogen-bond donors (Lipinski definition) is 1. The summed E-state index contributed by atoms with van der Waals surface area (Å²) in [5.41, 5.74) is 5.35. The highest BCUT2D eigenvalue weighted by Crippen LogP contribution is 2.29. The lowest BCUT2D eigenvalue weighted by Gasteiger charge is -2.30. The molecule has 1 fully saturated rings. The molecule has 5 nitrogen and oxygen atoms in total. The molecule has 0 bridgehead atoms. The zero-order valence-corrected chi connectivity index (χ0v) is 18.0. The Morgan fingerprint density at radius 1 is 1.07 bits per heavy atom. The number of fused-ring (bicyclic) bond motifs is 1. The topological polar surface area (TPSA) is 52.7 Å². The van der Waals surface area contributed by atoms with E-state index in [2.05, 4.69) is 16.3 Å². The van der Waals surface area contributed by atoms with Gasteiger partial charge in [-0.25, -0.2) is 0 Å². The number of benzene rings is 2. The summed E-state index contributed by atoms with van der Waals surface area (Å²) in [5.74, 6) is 0.151. The molecule has 1 saturated carbocycles. The van der Waals surface area contributed by atoms with Gasteiger partial charge in [-0.2, -0.15) is 0 Å². The molecule has 2 aliphatic rings. The third kappa shape index (κ3) is 4.73. The van der Waals surface area contributed by atoms with Crippen molar-refractivity contribution in [3.63, 3.8) is 0 Å². The highest BCUT2D eigenvalue weighted by atomic mass is 16.2. The van der Waals surface area contributed by atoms with Crippen molar-refractivity contribution in [1.29, 1.82) is 0 Å². The lowest BCUT2D eigenvalue weighted by molar-refractivity contribution is -0.121. The van der Waals surface area contributed by atoms with E-state index in [1.807, 2.05) is 55.1 Å².